The van der Waals surface area contributed by atoms with Crippen LogP contribution in [0.3, 0.4) is 0 Å². The summed E-state index contributed by atoms with van der Waals surface area (Å²) in [6.07, 6.45) is 0.896. The lowest BCUT2D eigenvalue weighted by molar-refractivity contribution is -0.314. The van der Waals surface area contributed by atoms with Gasteiger partial charge in [0.1, 0.15) is 17.8 Å². The third-order valence-electron chi connectivity index (χ3n) is 11.6. The van der Waals surface area contributed by atoms with E-state index >= 15 is 0 Å². The highest BCUT2D eigenvalue weighted by Gasteiger charge is 2.95. The molecule has 2 heterocycles. The molecule has 7 bridgehead atoms. The summed E-state index contributed by atoms with van der Waals surface area (Å²) in [6, 6.07) is -0.510. The van der Waals surface area contributed by atoms with Gasteiger partial charge in [-0.1, -0.05) is 0 Å². The molecule has 7 aliphatic rings. The summed E-state index contributed by atoms with van der Waals surface area (Å²) in [5.41, 5.74) is -4.30. The van der Waals surface area contributed by atoms with E-state index in [1.54, 1.807) is 28.4 Å². The molecule has 7 fully saturated rings. The Bertz CT molecular complexity index is 950. The molecule has 10 nitrogen and oxygen atoms in total. The Morgan fingerprint density at radius 2 is 1.89 bits per heavy atom. The number of methoxy groups -OCH3 is 4. The SMILES string of the molecule is CO[C@H]1[C@@H]2C[C@@H]3[C@H]1[C@](O)(C[C@@H]2OC)[C@@]1(O)[C@@H](OC)[C@@H]2[C@@]4(COC(C)=O)CC[C@H](OC)[C@@]32[C@@H]1N1OC14. The van der Waals surface area contributed by atoms with Gasteiger partial charge >= 0.3 is 5.97 Å². The summed E-state index contributed by atoms with van der Waals surface area (Å²) in [5.74, 6) is -0.776. The molecule has 0 amide bonds. The Morgan fingerprint density at radius 1 is 1.11 bits per heavy atom. The van der Waals surface area contributed by atoms with Crippen molar-refractivity contribution in [1.82, 2.24) is 5.06 Å². The minimum absolute atomic E-state index is 0.00914. The first-order valence-electron chi connectivity index (χ1n) is 12.9. The first-order valence-corrected chi connectivity index (χ1v) is 12.9. The van der Waals surface area contributed by atoms with Crippen molar-refractivity contribution >= 4 is 5.97 Å². The number of hydroxylamine groups is 2. The minimum atomic E-state index is -1.65. The molecule has 5 saturated carbocycles. The largest absolute Gasteiger partial charge is 0.465 e. The maximum Gasteiger partial charge on any atom is 0.302 e. The second kappa shape index (κ2) is 6.96. The third-order valence-corrected chi connectivity index (χ3v) is 11.6. The van der Waals surface area contributed by atoms with Crippen LogP contribution < -0.4 is 0 Å². The summed E-state index contributed by atoms with van der Waals surface area (Å²) in [5, 5.41) is 27.5. The number of fused-ring (bicyclic) bond motifs is 4. The maximum atomic E-state index is 12.9. The van der Waals surface area contributed by atoms with Gasteiger partial charge in [-0.3, -0.25) is 9.63 Å². The van der Waals surface area contributed by atoms with Gasteiger partial charge in [-0.05, 0) is 25.2 Å². The summed E-state index contributed by atoms with van der Waals surface area (Å²) in [6.45, 7) is 1.60. The highest BCUT2D eigenvalue weighted by Crippen LogP contribution is 2.83. The number of hydrogen-bond acceptors (Lipinski definition) is 10. The van der Waals surface area contributed by atoms with E-state index < -0.39 is 34.2 Å². The summed E-state index contributed by atoms with van der Waals surface area (Å²) in [4.78, 5) is 18.2. The zero-order chi connectivity index (χ0) is 24.7. The number of aliphatic hydroxyl groups is 2. The van der Waals surface area contributed by atoms with Crippen molar-refractivity contribution in [3.8, 4) is 0 Å². The number of carbonyl (C=O) groups excluding carboxylic acids is 1. The van der Waals surface area contributed by atoms with Gasteiger partial charge in [-0.15, -0.1) is 5.06 Å². The van der Waals surface area contributed by atoms with Gasteiger partial charge in [0.05, 0.1) is 35.9 Å². The zero-order valence-corrected chi connectivity index (χ0v) is 21.0. The lowest BCUT2D eigenvalue weighted by atomic mass is 9.43. The molecule has 2 unspecified atom stereocenters. The van der Waals surface area contributed by atoms with E-state index in [4.69, 9.17) is 28.5 Å². The molecule has 15 atom stereocenters. The van der Waals surface area contributed by atoms with Crippen molar-refractivity contribution in [1.29, 1.82) is 0 Å². The van der Waals surface area contributed by atoms with Gasteiger partial charge in [0.15, 0.2) is 6.23 Å². The van der Waals surface area contributed by atoms with Gasteiger partial charge in [-0.2, -0.15) is 0 Å². The van der Waals surface area contributed by atoms with E-state index in [0.29, 0.717) is 12.8 Å². The molecule has 0 aromatic rings. The zero-order valence-electron chi connectivity index (χ0n) is 21.0. The van der Waals surface area contributed by atoms with E-state index in [2.05, 4.69) is 0 Å². The van der Waals surface area contributed by atoms with E-state index in [0.717, 1.165) is 12.8 Å². The summed E-state index contributed by atoms with van der Waals surface area (Å²) < 4.78 is 30.1. The van der Waals surface area contributed by atoms with Gasteiger partial charge in [0.2, 0.25) is 0 Å². The first-order chi connectivity index (χ1) is 16.7. The number of hydrogen-bond donors (Lipinski definition) is 2. The van der Waals surface area contributed by atoms with Crippen molar-refractivity contribution in [2.75, 3.05) is 35.0 Å². The molecule has 2 aliphatic heterocycles. The fourth-order valence-electron chi connectivity index (χ4n) is 11.0. The second-order valence-corrected chi connectivity index (χ2v) is 12.1. The van der Waals surface area contributed by atoms with Crippen molar-refractivity contribution < 1.29 is 43.5 Å². The lowest BCUT2D eigenvalue weighted by Crippen LogP contribution is -2.80. The maximum absolute atomic E-state index is 12.9. The molecule has 10 heteroatoms. The van der Waals surface area contributed by atoms with Crippen LogP contribution in [0.25, 0.3) is 0 Å². The topological polar surface area (TPSA) is 119 Å². The van der Waals surface area contributed by atoms with Gasteiger partial charge in [0, 0.05) is 65.0 Å². The minimum Gasteiger partial charge on any atom is -0.465 e. The van der Waals surface area contributed by atoms with Crippen LogP contribution in [0.1, 0.15) is 32.6 Å². The summed E-state index contributed by atoms with van der Waals surface area (Å²) >= 11 is 0. The highest BCUT2D eigenvalue weighted by atomic mass is 16.8. The second-order valence-electron chi connectivity index (χ2n) is 12.1. The molecule has 2 saturated heterocycles. The first kappa shape index (κ1) is 23.3. The Balaban J connectivity index is 1.50. The van der Waals surface area contributed by atoms with E-state index in [-0.39, 0.29) is 60.8 Å². The van der Waals surface area contributed by atoms with E-state index in [1.165, 1.54) is 6.92 Å². The fourth-order valence-corrected chi connectivity index (χ4v) is 11.0. The molecule has 5 aliphatic carbocycles. The standard InChI is InChI=1S/C25H37NO9/c1-11(27)34-10-22-7-6-15(31-3)24-13-8-12-14(30-2)9-23(28,16(13)17(12)32-4)25(29,19(33-5)18(22)24)20(24)26-21(22)35-26/h12-21,28-29H,6-10H2,1-5H3/t12-,13-,14+,15+,16-,17+,18-,19+,20+,21?,22+,23-,24+,25-,26?/m1/s1. The smallest absolute Gasteiger partial charge is 0.302 e. The van der Waals surface area contributed by atoms with Crippen LogP contribution >= 0.6 is 0 Å². The van der Waals surface area contributed by atoms with Gasteiger partial charge < -0.3 is 33.9 Å². The molecular weight excluding hydrogens is 458 g/mol. The number of rotatable bonds is 6. The van der Waals surface area contributed by atoms with E-state index in [9.17, 15) is 15.0 Å². The molecule has 2 N–H and O–H groups in total. The third kappa shape index (κ3) is 2.19. The van der Waals surface area contributed by atoms with Crippen LogP contribution in [-0.4, -0.2) is 104 Å². The van der Waals surface area contributed by atoms with Gasteiger partial charge in [0.25, 0.3) is 0 Å². The monoisotopic (exact) mass is 495 g/mol. The van der Waals surface area contributed by atoms with Crippen LogP contribution in [0.2, 0.25) is 0 Å². The molecule has 196 valence electrons. The van der Waals surface area contributed by atoms with Gasteiger partial charge in [-0.25, -0.2) is 0 Å². The molecule has 0 aromatic carbocycles. The Morgan fingerprint density at radius 3 is 2.51 bits per heavy atom. The molecular formula is C25H37NO9. The normalized spacial score (nSPS) is 62.4. The average molecular weight is 496 g/mol. The predicted molar refractivity (Wildman–Crippen MR) is 118 cm³/mol. The lowest BCUT2D eigenvalue weighted by Gasteiger charge is -2.66. The molecule has 0 aromatic heterocycles. The Labute approximate surface area is 205 Å². The van der Waals surface area contributed by atoms with Crippen molar-refractivity contribution in [2.24, 2.45) is 34.5 Å². The number of esters is 1. The van der Waals surface area contributed by atoms with Crippen LogP contribution in [0.4, 0.5) is 0 Å². The van der Waals surface area contributed by atoms with Crippen LogP contribution in [-0.2, 0) is 33.3 Å². The highest BCUT2D eigenvalue weighted by molar-refractivity contribution is 5.66. The number of piperidine rings is 1. The summed E-state index contributed by atoms with van der Waals surface area (Å²) in [7, 11) is 6.71. The molecule has 1 spiro atoms. The van der Waals surface area contributed by atoms with Crippen LogP contribution in [0.15, 0.2) is 0 Å². The Kier molecular flexibility index (Phi) is 4.63. The van der Waals surface area contributed by atoms with Crippen molar-refractivity contribution in [2.45, 2.75) is 80.5 Å². The van der Waals surface area contributed by atoms with Crippen LogP contribution in [0.5, 0.6) is 0 Å². The molecule has 35 heavy (non-hydrogen) atoms. The number of carbonyl (C=O) groups is 1. The Hall–Kier alpha value is -0.850. The fraction of sp³-hybridized carbons (Fsp3) is 0.960. The predicted octanol–water partition coefficient (Wildman–Crippen LogP) is 0.0932. The average Bonchev–Trinajstić information content (AvgIpc) is 3.50. The van der Waals surface area contributed by atoms with E-state index in [1.807, 2.05) is 5.06 Å². The number of nitrogens with zero attached hydrogens (tertiary/aromatic N) is 1. The van der Waals surface area contributed by atoms with Crippen molar-refractivity contribution in [3.63, 3.8) is 0 Å². The quantitative estimate of drug-likeness (QED) is 0.388. The van der Waals surface area contributed by atoms with Crippen molar-refractivity contribution in [3.05, 3.63) is 0 Å². The van der Waals surface area contributed by atoms with Crippen LogP contribution in [0, 0.1) is 34.5 Å². The number of ether oxygens (including phenoxy) is 5. The molecule has 7 rings (SSSR count). The molecule has 0 radical (unpaired) electrons.